The Morgan fingerprint density at radius 1 is 1.28 bits per heavy atom. The molecule has 2 rings (SSSR count). The number of hydrogen-bond donors (Lipinski definition) is 1. The van der Waals surface area contributed by atoms with Gasteiger partial charge in [-0.25, -0.2) is 13.6 Å². The number of hydrogen-bond acceptors (Lipinski definition) is 3. The molecular formula is C12H20F2N2O2. The van der Waals surface area contributed by atoms with E-state index in [1.165, 1.54) is 4.90 Å². The van der Waals surface area contributed by atoms with Gasteiger partial charge in [-0.15, -0.1) is 0 Å². The molecule has 2 heterocycles. The van der Waals surface area contributed by atoms with Gasteiger partial charge in [-0.3, -0.25) is 0 Å². The molecule has 0 aromatic heterocycles. The van der Waals surface area contributed by atoms with Crippen LogP contribution in [0.3, 0.4) is 0 Å². The number of nitrogens with zero attached hydrogens (tertiary/aromatic N) is 1. The third kappa shape index (κ3) is 3.31. The maximum Gasteiger partial charge on any atom is 0.410 e. The minimum Gasteiger partial charge on any atom is -0.444 e. The summed E-state index contributed by atoms with van der Waals surface area (Å²) in [6.45, 7) is 5.97. The second-order valence-electron chi connectivity index (χ2n) is 6.21. The van der Waals surface area contributed by atoms with E-state index in [9.17, 15) is 13.6 Å². The van der Waals surface area contributed by atoms with E-state index in [-0.39, 0.29) is 24.9 Å². The summed E-state index contributed by atoms with van der Waals surface area (Å²) in [6, 6.07) is -0.667. The Bertz CT molecular complexity index is 325. The van der Waals surface area contributed by atoms with Crippen LogP contribution in [0.2, 0.25) is 0 Å². The highest BCUT2D eigenvalue weighted by Gasteiger charge is 2.45. The van der Waals surface area contributed by atoms with Crippen LogP contribution >= 0.6 is 0 Å². The van der Waals surface area contributed by atoms with Crippen molar-refractivity contribution in [3.63, 3.8) is 0 Å². The van der Waals surface area contributed by atoms with Gasteiger partial charge in [0.1, 0.15) is 5.60 Å². The van der Waals surface area contributed by atoms with Crippen molar-refractivity contribution in [2.45, 2.75) is 57.2 Å². The van der Waals surface area contributed by atoms with Crippen molar-refractivity contribution in [2.24, 2.45) is 0 Å². The van der Waals surface area contributed by atoms with Gasteiger partial charge in [-0.05, 0) is 20.8 Å². The highest BCUT2D eigenvalue weighted by atomic mass is 19.3. The minimum absolute atomic E-state index is 0.206. The predicted octanol–water partition coefficient (Wildman–Crippen LogP) is 1.99. The molecule has 2 aliphatic rings. The Kier molecular flexibility index (Phi) is 3.25. The molecule has 2 fully saturated rings. The third-order valence-electron chi connectivity index (χ3n) is 3.09. The molecule has 1 N–H and O–H groups in total. The van der Waals surface area contributed by atoms with E-state index in [0.29, 0.717) is 13.1 Å². The van der Waals surface area contributed by atoms with E-state index in [2.05, 4.69) is 5.32 Å². The van der Waals surface area contributed by atoms with Crippen LogP contribution < -0.4 is 5.32 Å². The zero-order chi connectivity index (χ0) is 13.6. The van der Waals surface area contributed by atoms with Gasteiger partial charge in [-0.2, -0.15) is 0 Å². The highest BCUT2D eigenvalue weighted by molar-refractivity contribution is 5.68. The number of amides is 1. The van der Waals surface area contributed by atoms with Gasteiger partial charge in [0, 0.05) is 38.0 Å². The number of piperazine rings is 1. The molecule has 2 unspecified atom stereocenters. The van der Waals surface area contributed by atoms with Gasteiger partial charge < -0.3 is 15.0 Å². The fraction of sp³-hybridized carbons (Fsp3) is 0.917. The first-order valence-corrected chi connectivity index (χ1v) is 6.26. The number of likely N-dealkylation sites (tertiary alicyclic amines) is 1. The monoisotopic (exact) mass is 262 g/mol. The summed E-state index contributed by atoms with van der Waals surface area (Å²) in [5, 5.41) is 3.13. The fourth-order valence-electron chi connectivity index (χ4n) is 2.57. The molecule has 6 heteroatoms. The number of halogens is 2. The Morgan fingerprint density at radius 3 is 2.22 bits per heavy atom. The maximum atomic E-state index is 13.4. The molecule has 2 saturated heterocycles. The largest absolute Gasteiger partial charge is 0.444 e. The minimum atomic E-state index is -2.61. The van der Waals surface area contributed by atoms with Crippen LogP contribution in [0.25, 0.3) is 0 Å². The molecule has 0 aliphatic carbocycles. The van der Waals surface area contributed by atoms with Crippen LogP contribution in [-0.2, 0) is 4.74 Å². The molecule has 0 saturated carbocycles. The zero-order valence-corrected chi connectivity index (χ0v) is 11.0. The van der Waals surface area contributed by atoms with E-state index in [1.807, 2.05) is 0 Å². The lowest BCUT2D eigenvalue weighted by Gasteiger charge is -2.45. The number of carbonyl (C=O) groups is 1. The van der Waals surface area contributed by atoms with Crippen molar-refractivity contribution >= 4 is 6.09 Å². The van der Waals surface area contributed by atoms with Crippen LogP contribution in [0.5, 0.6) is 0 Å². The Balaban J connectivity index is 1.97. The van der Waals surface area contributed by atoms with Crippen molar-refractivity contribution in [1.29, 1.82) is 0 Å². The molecule has 1 amide bonds. The van der Waals surface area contributed by atoms with Crippen molar-refractivity contribution in [1.82, 2.24) is 10.2 Å². The first-order valence-electron chi connectivity index (χ1n) is 6.26. The van der Waals surface area contributed by atoms with E-state index in [4.69, 9.17) is 4.74 Å². The van der Waals surface area contributed by atoms with Crippen LogP contribution in [0, 0.1) is 0 Å². The predicted molar refractivity (Wildman–Crippen MR) is 62.7 cm³/mol. The molecule has 4 nitrogen and oxygen atoms in total. The average molecular weight is 262 g/mol. The SMILES string of the molecule is CC(C)(C)OC(=O)N1CC2CC(F)(F)CC(C1)N2. The summed E-state index contributed by atoms with van der Waals surface area (Å²) < 4.78 is 32.0. The molecular weight excluding hydrogens is 242 g/mol. The number of carbonyl (C=O) groups excluding carboxylic acids is 1. The molecule has 2 aliphatic heterocycles. The smallest absolute Gasteiger partial charge is 0.410 e. The molecule has 0 spiro atoms. The normalized spacial score (nSPS) is 31.1. The molecule has 0 aromatic carbocycles. The Labute approximate surface area is 106 Å². The highest BCUT2D eigenvalue weighted by Crippen LogP contribution is 2.33. The van der Waals surface area contributed by atoms with E-state index in [0.717, 1.165) is 0 Å². The summed E-state index contributed by atoms with van der Waals surface area (Å²) >= 11 is 0. The van der Waals surface area contributed by atoms with Gasteiger partial charge in [0.25, 0.3) is 5.92 Å². The molecule has 104 valence electrons. The van der Waals surface area contributed by atoms with Gasteiger partial charge in [0.15, 0.2) is 0 Å². The van der Waals surface area contributed by atoms with Crippen molar-refractivity contribution in [2.75, 3.05) is 13.1 Å². The quantitative estimate of drug-likeness (QED) is 0.726. The Morgan fingerprint density at radius 2 is 1.78 bits per heavy atom. The van der Waals surface area contributed by atoms with Crippen LogP contribution in [0.15, 0.2) is 0 Å². The summed E-state index contributed by atoms with van der Waals surface area (Å²) in [6.07, 6.45) is -0.824. The lowest BCUT2D eigenvalue weighted by Crippen LogP contribution is -2.64. The molecule has 2 bridgehead atoms. The van der Waals surface area contributed by atoms with Crippen molar-refractivity contribution < 1.29 is 18.3 Å². The summed E-state index contributed by atoms with van der Waals surface area (Å²) in [5.41, 5.74) is -0.555. The molecule has 0 aromatic rings. The maximum absolute atomic E-state index is 13.4. The number of nitrogens with one attached hydrogen (secondary N) is 1. The zero-order valence-electron chi connectivity index (χ0n) is 11.0. The number of ether oxygens (including phenoxy) is 1. The first-order chi connectivity index (χ1) is 8.15. The lowest BCUT2D eigenvalue weighted by atomic mass is 9.91. The number of fused-ring (bicyclic) bond motifs is 2. The van der Waals surface area contributed by atoms with Crippen molar-refractivity contribution in [3.05, 3.63) is 0 Å². The topological polar surface area (TPSA) is 41.6 Å². The number of alkyl halides is 2. The van der Waals surface area contributed by atoms with Crippen molar-refractivity contribution in [3.8, 4) is 0 Å². The average Bonchev–Trinajstić information content (AvgIpc) is 2.10. The first kappa shape index (κ1) is 13.5. The second kappa shape index (κ2) is 4.33. The van der Waals surface area contributed by atoms with E-state index >= 15 is 0 Å². The standard InChI is InChI=1S/C12H20F2N2O2/c1-11(2,3)18-10(17)16-6-8-4-12(13,14)5-9(7-16)15-8/h8-9,15H,4-7H2,1-3H3. The lowest BCUT2D eigenvalue weighted by molar-refractivity contribution is -0.0778. The van der Waals surface area contributed by atoms with Gasteiger partial charge in [-0.1, -0.05) is 0 Å². The summed E-state index contributed by atoms with van der Waals surface area (Å²) in [5.74, 6) is -2.61. The fourth-order valence-corrected chi connectivity index (χ4v) is 2.57. The summed E-state index contributed by atoms with van der Waals surface area (Å²) in [7, 11) is 0. The second-order valence-corrected chi connectivity index (χ2v) is 6.21. The Hall–Kier alpha value is -0.910. The molecule has 2 atom stereocenters. The number of piperidine rings is 1. The van der Waals surface area contributed by atoms with Gasteiger partial charge in [0.2, 0.25) is 0 Å². The van der Waals surface area contributed by atoms with E-state index in [1.54, 1.807) is 20.8 Å². The molecule has 18 heavy (non-hydrogen) atoms. The number of rotatable bonds is 0. The van der Waals surface area contributed by atoms with Crippen LogP contribution in [-0.4, -0.2) is 47.7 Å². The van der Waals surface area contributed by atoms with Crippen LogP contribution in [0.1, 0.15) is 33.6 Å². The van der Waals surface area contributed by atoms with Gasteiger partial charge in [0.05, 0.1) is 0 Å². The third-order valence-corrected chi connectivity index (χ3v) is 3.09. The summed E-state index contributed by atoms with van der Waals surface area (Å²) in [4.78, 5) is 13.4. The van der Waals surface area contributed by atoms with Crippen LogP contribution in [0.4, 0.5) is 13.6 Å². The van der Waals surface area contributed by atoms with E-state index < -0.39 is 17.6 Å². The van der Waals surface area contributed by atoms with Gasteiger partial charge >= 0.3 is 6.09 Å². The molecule has 0 radical (unpaired) electrons.